The van der Waals surface area contributed by atoms with E-state index in [1.54, 1.807) is 18.3 Å². The van der Waals surface area contributed by atoms with Gasteiger partial charge in [-0.3, -0.25) is 0 Å². The molecule has 0 saturated carbocycles. The van der Waals surface area contributed by atoms with Crippen LogP contribution in [0.4, 0.5) is 0 Å². The third kappa shape index (κ3) is 2.63. The van der Waals surface area contributed by atoms with Gasteiger partial charge in [-0.15, -0.1) is 0 Å². The van der Waals surface area contributed by atoms with Crippen molar-refractivity contribution in [2.45, 2.75) is 13.8 Å². The summed E-state index contributed by atoms with van der Waals surface area (Å²) in [4.78, 5) is 11.4. The molecule has 110 valence electrons. The van der Waals surface area contributed by atoms with Crippen molar-refractivity contribution in [3.63, 3.8) is 0 Å². The zero-order valence-corrected chi connectivity index (χ0v) is 12.3. The van der Waals surface area contributed by atoms with Gasteiger partial charge < -0.3 is 9.63 Å². The molecule has 0 spiro atoms. The second kappa shape index (κ2) is 5.48. The molecule has 0 atom stereocenters. The first-order chi connectivity index (χ1) is 10.5. The quantitative estimate of drug-likeness (QED) is 0.781. The largest absolute Gasteiger partial charge is 0.478 e. The Morgan fingerprint density at radius 3 is 2.27 bits per heavy atom. The van der Waals surface area contributed by atoms with Crippen molar-refractivity contribution in [3.8, 4) is 22.5 Å². The van der Waals surface area contributed by atoms with Crippen molar-refractivity contribution < 1.29 is 14.4 Å². The number of carbonyl (C=O) groups is 1. The Morgan fingerprint density at radius 1 is 1.00 bits per heavy atom. The lowest BCUT2D eigenvalue weighted by Gasteiger charge is -2.07. The number of aryl methyl sites for hydroxylation is 2. The van der Waals surface area contributed by atoms with Crippen LogP contribution in [0.15, 0.2) is 53.2 Å². The van der Waals surface area contributed by atoms with Crippen LogP contribution in [0.1, 0.15) is 21.5 Å². The van der Waals surface area contributed by atoms with Gasteiger partial charge >= 0.3 is 5.97 Å². The lowest BCUT2D eigenvalue weighted by molar-refractivity contribution is 0.0697. The Labute approximate surface area is 128 Å². The normalized spacial score (nSPS) is 10.6. The minimum absolute atomic E-state index is 0.226. The smallest absolute Gasteiger partial charge is 0.335 e. The highest BCUT2D eigenvalue weighted by molar-refractivity contribution is 5.91. The van der Waals surface area contributed by atoms with Crippen molar-refractivity contribution in [3.05, 3.63) is 65.4 Å². The van der Waals surface area contributed by atoms with Crippen molar-refractivity contribution in [1.29, 1.82) is 0 Å². The van der Waals surface area contributed by atoms with E-state index < -0.39 is 5.97 Å². The molecule has 22 heavy (non-hydrogen) atoms. The summed E-state index contributed by atoms with van der Waals surface area (Å²) in [6.07, 6.45) is 1.62. The fourth-order valence-electron chi connectivity index (χ4n) is 2.36. The number of rotatable bonds is 3. The number of carboxylic acid groups (broad SMARTS) is 1. The van der Waals surface area contributed by atoms with E-state index in [2.05, 4.69) is 5.16 Å². The van der Waals surface area contributed by atoms with Crippen LogP contribution in [0.3, 0.4) is 0 Å². The van der Waals surface area contributed by atoms with Gasteiger partial charge in [0.15, 0.2) is 5.76 Å². The molecule has 1 N–H and O–H groups in total. The average Bonchev–Trinajstić information content (AvgIpc) is 2.93. The van der Waals surface area contributed by atoms with Crippen LogP contribution < -0.4 is 0 Å². The van der Waals surface area contributed by atoms with Crippen molar-refractivity contribution in [2.75, 3.05) is 0 Å². The van der Waals surface area contributed by atoms with Gasteiger partial charge in [0.25, 0.3) is 0 Å². The highest BCUT2D eigenvalue weighted by atomic mass is 16.5. The zero-order chi connectivity index (χ0) is 15.7. The number of nitrogens with zero attached hydrogens (tertiary/aromatic N) is 1. The number of hydrogen-bond donors (Lipinski definition) is 1. The monoisotopic (exact) mass is 293 g/mol. The fourth-order valence-corrected chi connectivity index (χ4v) is 2.36. The second-order valence-corrected chi connectivity index (χ2v) is 5.31. The predicted molar refractivity (Wildman–Crippen MR) is 83.8 cm³/mol. The van der Waals surface area contributed by atoms with Gasteiger partial charge in [-0.25, -0.2) is 4.79 Å². The van der Waals surface area contributed by atoms with Gasteiger partial charge in [0.05, 0.1) is 11.8 Å². The van der Waals surface area contributed by atoms with Crippen LogP contribution in [0.25, 0.3) is 22.5 Å². The Morgan fingerprint density at radius 2 is 1.68 bits per heavy atom. The van der Waals surface area contributed by atoms with Crippen LogP contribution in [0, 0.1) is 13.8 Å². The second-order valence-electron chi connectivity index (χ2n) is 5.31. The van der Waals surface area contributed by atoms with Gasteiger partial charge in [-0.1, -0.05) is 35.0 Å². The summed E-state index contributed by atoms with van der Waals surface area (Å²) in [5.41, 5.74) is 4.77. The molecule has 0 amide bonds. The maximum absolute atomic E-state index is 11.4. The SMILES string of the molecule is Cc1ccc(-c2cc(C(=O)O)cc(-c3oncc3C)c2)cc1. The first kappa shape index (κ1) is 14.1. The van der Waals surface area contributed by atoms with Crippen molar-refractivity contribution >= 4 is 5.97 Å². The first-order valence-corrected chi connectivity index (χ1v) is 6.91. The topological polar surface area (TPSA) is 63.3 Å². The van der Waals surface area contributed by atoms with E-state index >= 15 is 0 Å². The van der Waals surface area contributed by atoms with Gasteiger partial charge in [-0.05, 0) is 43.2 Å². The third-order valence-corrected chi connectivity index (χ3v) is 3.58. The van der Waals surface area contributed by atoms with Gasteiger partial charge in [0.1, 0.15) is 0 Å². The molecule has 3 aromatic rings. The molecule has 4 nitrogen and oxygen atoms in total. The lowest BCUT2D eigenvalue weighted by Crippen LogP contribution is -1.97. The van der Waals surface area contributed by atoms with E-state index in [0.29, 0.717) is 11.3 Å². The molecule has 0 radical (unpaired) electrons. The maximum Gasteiger partial charge on any atom is 0.335 e. The van der Waals surface area contributed by atoms with Crippen LogP contribution in [-0.2, 0) is 0 Å². The number of aromatic nitrogens is 1. The Kier molecular flexibility index (Phi) is 3.51. The molecule has 0 aliphatic rings. The van der Waals surface area contributed by atoms with Gasteiger partial charge in [0, 0.05) is 11.1 Å². The lowest BCUT2D eigenvalue weighted by atomic mass is 9.97. The van der Waals surface area contributed by atoms with Gasteiger partial charge in [-0.2, -0.15) is 0 Å². The van der Waals surface area contributed by atoms with E-state index in [-0.39, 0.29) is 5.56 Å². The number of carboxylic acids is 1. The van der Waals surface area contributed by atoms with Gasteiger partial charge in [0.2, 0.25) is 0 Å². The molecule has 2 aromatic carbocycles. The number of benzene rings is 2. The minimum Gasteiger partial charge on any atom is -0.478 e. The van der Waals surface area contributed by atoms with Crippen molar-refractivity contribution in [2.24, 2.45) is 0 Å². The molecule has 4 heteroatoms. The molecule has 1 heterocycles. The molecule has 0 bridgehead atoms. The highest BCUT2D eigenvalue weighted by Gasteiger charge is 2.13. The molecule has 0 saturated heterocycles. The molecule has 0 aliphatic heterocycles. The van der Waals surface area contributed by atoms with E-state index in [1.165, 1.54) is 0 Å². The number of hydrogen-bond acceptors (Lipinski definition) is 3. The van der Waals surface area contributed by atoms with Crippen molar-refractivity contribution in [1.82, 2.24) is 5.16 Å². The van der Waals surface area contributed by atoms with E-state index in [9.17, 15) is 9.90 Å². The zero-order valence-electron chi connectivity index (χ0n) is 12.3. The Hall–Kier alpha value is -2.88. The van der Waals surface area contributed by atoms with E-state index in [1.807, 2.05) is 44.2 Å². The molecular formula is C18H15NO3. The van der Waals surface area contributed by atoms with E-state index in [0.717, 1.165) is 22.3 Å². The number of aromatic carboxylic acids is 1. The van der Waals surface area contributed by atoms with Crippen LogP contribution in [-0.4, -0.2) is 16.2 Å². The summed E-state index contributed by atoms with van der Waals surface area (Å²) in [6, 6.07) is 13.2. The maximum atomic E-state index is 11.4. The molecule has 0 unspecified atom stereocenters. The van der Waals surface area contributed by atoms with Crippen LogP contribution in [0.2, 0.25) is 0 Å². The third-order valence-electron chi connectivity index (χ3n) is 3.58. The summed E-state index contributed by atoms with van der Waals surface area (Å²) in [5.74, 6) is -0.371. The minimum atomic E-state index is -0.965. The summed E-state index contributed by atoms with van der Waals surface area (Å²) in [6.45, 7) is 3.89. The summed E-state index contributed by atoms with van der Waals surface area (Å²) in [5, 5.41) is 13.1. The highest BCUT2D eigenvalue weighted by Crippen LogP contribution is 2.30. The molecule has 3 rings (SSSR count). The van der Waals surface area contributed by atoms with Crippen LogP contribution >= 0.6 is 0 Å². The molecule has 0 fully saturated rings. The Bertz CT molecular complexity index is 832. The molecule has 1 aromatic heterocycles. The molecular weight excluding hydrogens is 278 g/mol. The first-order valence-electron chi connectivity index (χ1n) is 6.91. The fraction of sp³-hybridized carbons (Fsp3) is 0.111. The van der Waals surface area contributed by atoms with Crippen LogP contribution in [0.5, 0.6) is 0 Å². The van der Waals surface area contributed by atoms with E-state index in [4.69, 9.17) is 4.52 Å². The predicted octanol–water partition coefficient (Wildman–Crippen LogP) is 4.32. The molecule has 0 aliphatic carbocycles. The Balaban J connectivity index is 2.18. The average molecular weight is 293 g/mol. The summed E-state index contributed by atoms with van der Waals surface area (Å²) < 4.78 is 5.25. The standard InChI is InChI=1S/C18H15NO3/c1-11-3-5-13(6-4-11)14-7-15(9-16(8-14)18(20)21)17-12(2)10-19-22-17/h3-10H,1-2H3,(H,20,21). The summed E-state index contributed by atoms with van der Waals surface area (Å²) in [7, 11) is 0. The summed E-state index contributed by atoms with van der Waals surface area (Å²) >= 11 is 0.